The SMILES string of the molecule is CCC1=C[C@H](C)C(c2ccc(C3CCC(C)CC3)cc2)C(F)=C1C(=O)OCc1ccccc1. The van der Waals surface area contributed by atoms with E-state index < -0.39 is 11.9 Å². The summed E-state index contributed by atoms with van der Waals surface area (Å²) in [5, 5.41) is 0. The minimum atomic E-state index is -0.575. The molecule has 3 heteroatoms. The van der Waals surface area contributed by atoms with Crippen LogP contribution in [0.4, 0.5) is 4.39 Å². The van der Waals surface area contributed by atoms with Crippen LogP contribution in [0.3, 0.4) is 0 Å². The summed E-state index contributed by atoms with van der Waals surface area (Å²) in [6.45, 7) is 6.46. The second kappa shape index (κ2) is 10.5. The van der Waals surface area contributed by atoms with Crippen LogP contribution in [-0.2, 0) is 16.1 Å². The fourth-order valence-corrected chi connectivity index (χ4v) is 5.37. The Labute approximate surface area is 197 Å². The summed E-state index contributed by atoms with van der Waals surface area (Å²) >= 11 is 0. The Hall–Kier alpha value is -2.68. The lowest BCUT2D eigenvalue weighted by atomic mass is 9.76. The molecule has 2 nitrogen and oxygen atoms in total. The summed E-state index contributed by atoms with van der Waals surface area (Å²) in [6.07, 6.45) is 7.66. The molecule has 2 atom stereocenters. The fourth-order valence-electron chi connectivity index (χ4n) is 5.37. The number of allylic oxidation sites excluding steroid dienone is 2. The van der Waals surface area contributed by atoms with Crippen LogP contribution in [-0.4, -0.2) is 5.97 Å². The quantitative estimate of drug-likeness (QED) is 0.420. The predicted molar refractivity (Wildman–Crippen MR) is 131 cm³/mol. The van der Waals surface area contributed by atoms with E-state index in [-0.39, 0.29) is 23.9 Å². The molecule has 4 rings (SSSR count). The van der Waals surface area contributed by atoms with Gasteiger partial charge in [-0.25, -0.2) is 9.18 Å². The maximum atomic E-state index is 15.9. The van der Waals surface area contributed by atoms with E-state index >= 15 is 4.39 Å². The molecule has 1 unspecified atom stereocenters. The molecule has 0 aliphatic heterocycles. The van der Waals surface area contributed by atoms with Crippen molar-refractivity contribution in [3.8, 4) is 0 Å². The number of rotatable bonds is 6. The largest absolute Gasteiger partial charge is 0.457 e. The average Bonchev–Trinajstić information content (AvgIpc) is 2.84. The standard InChI is InChI=1S/C30H35FO2/c1-4-23-18-21(3)27(26-16-14-25(15-17-26)24-12-10-20(2)11-13-24)29(31)28(23)30(32)33-19-22-8-6-5-7-9-22/h5-9,14-18,20-21,24,27H,4,10-13,19H2,1-3H3/t20?,21-,24?,27?/m0/s1. The molecule has 0 bridgehead atoms. The third-order valence-electron chi connectivity index (χ3n) is 7.40. The van der Waals surface area contributed by atoms with E-state index in [0.717, 1.165) is 22.6 Å². The van der Waals surface area contributed by atoms with Crippen molar-refractivity contribution < 1.29 is 13.9 Å². The zero-order valence-corrected chi connectivity index (χ0v) is 20.0. The molecule has 174 valence electrons. The van der Waals surface area contributed by atoms with Crippen molar-refractivity contribution in [3.05, 3.63) is 94.3 Å². The second-order valence-corrected chi connectivity index (χ2v) is 9.79. The van der Waals surface area contributed by atoms with Gasteiger partial charge in [-0.2, -0.15) is 0 Å². The molecule has 0 saturated heterocycles. The van der Waals surface area contributed by atoms with E-state index in [9.17, 15) is 4.79 Å². The number of benzene rings is 2. The third kappa shape index (κ3) is 5.29. The van der Waals surface area contributed by atoms with Gasteiger partial charge in [0, 0.05) is 5.92 Å². The first-order valence-electron chi connectivity index (χ1n) is 12.4. The van der Waals surface area contributed by atoms with Gasteiger partial charge in [-0.3, -0.25) is 0 Å². The highest BCUT2D eigenvalue weighted by atomic mass is 19.1. The molecule has 2 aromatic rings. The van der Waals surface area contributed by atoms with Gasteiger partial charge < -0.3 is 4.74 Å². The van der Waals surface area contributed by atoms with Gasteiger partial charge in [0.05, 0.1) is 5.57 Å². The molecule has 0 amide bonds. The Morgan fingerprint density at radius 1 is 0.939 bits per heavy atom. The molecule has 0 N–H and O–H groups in total. The van der Waals surface area contributed by atoms with Gasteiger partial charge in [-0.05, 0) is 59.3 Å². The number of esters is 1. The number of hydrogen-bond donors (Lipinski definition) is 0. The van der Waals surface area contributed by atoms with E-state index in [2.05, 4.69) is 31.2 Å². The summed E-state index contributed by atoms with van der Waals surface area (Å²) in [5.74, 6) is 0.0115. The Morgan fingerprint density at radius 3 is 2.21 bits per heavy atom. The van der Waals surface area contributed by atoms with E-state index in [1.165, 1.54) is 31.2 Å². The number of halogens is 1. The first-order chi connectivity index (χ1) is 16.0. The van der Waals surface area contributed by atoms with Crippen LogP contribution >= 0.6 is 0 Å². The summed E-state index contributed by atoms with van der Waals surface area (Å²) < 4.78 is 21.4. The first kappa shape index (κ1) is 23.5. The van der Waals surface area contributed by atoms with Gasteiger partial charge >= 0.3 is 5.97 Å². The van der Waals surface area contributed by atoms with Crippen LogP contribution in [0.2, 0.25) is 0 Å². The first-order valence-corrected chi connectivity index (χ1v) is 12.4. The molecule has 33 heavy (non-hydrogen) atoms. The topological polar surface area (TPSA) is 26.3 Å². The van der Waals surface area contributed by atoms with E-state index in [1.807, 2.05) is 50.3 Å². The van der Waals surface area contributed by atoms with Gasteiger partial charge in [-0.1, -0.05) is 94.3 Å². The van der Waals surface area contributed by atoms with Crippen molar-refractivity contribution in [2.24, 2.45) is 11.8 Å². The van der Waals surface area contributed by atoms with E-state index in [0.29, 0.717) is 12.3 Å². The third-order valence-corrected chi connectivity index (χ3v) is 7.40. The predicted octanol–water partition coefficient (Wildman–Crippen LogP) is 8.02. The molecule has 0 aromatic heterocycles. The molecule has 0 spiro atoms. The van der Waals surface area contributed by atoms with Crippen molar-refractivity contribution in [3.63, 3.8) is 0 Å². The summed E-state index contributed by atoms with van der Waals surface area (Å²) in [5.41, 5.74) is 4.02. The monoisotopic (exact) mass is 446 g/mol. The Balaban J connectivity index is 1.55. The van der Waals surface area contributed by atoms with Crippen LogP contribution in [0, 0.1) is 11.8 Å². The summed E-state index contributed by atoms with van der Waals surface area (Å²) in [6, 6.07) is 18.0. The van der Waals surface area contributed by atoms with Gasteiger partial charge in [0.1, 0.15) is 12.4 Å². The van der Waals surface area contributed by atoms with Gasteiger partial charge in [0.25, 0.3) is 0 Å². The van der Waals surface area contributed by atoms with Crippen LogP contribution in [0.1, 0.15) is 81.4 Å². The minimum absolute atomic E-state index is 0.0213. The average molecular weight is 447 g/mol. The Morgan fingerprint density at radius 2 is 1.58 bits per heavy atom. The lowest BCUT2D eigenvalue weighted by Gasteiger charge is -2.29. The van der Waals surface area contributed by atoms with Crippen molar-refractivity contribution in [1.82, 2.24) is 0 Å². The summed E-state index contributed by atoms with van der Waals surface area (Å²) in [7, 11) is 0. The smallest absolute Gasteiger partial charge is 0.341 e. The van der Waals surface area contributed by atoms with Crippen molar-refractivity contribution in [2.45, 2.75) is 71.3 Å². The highest BCUT2D eigenvalue weighted by Gasteiger charge is 2.34. The minimum Gasteiger partial charge on any atom is -0.457 e. The van der Waals surface area contributed by atoms with Crippen LogP contribution < -0.4 is 0 Å². The lowest BCUT2D eigenvalue weighted by Crippen LogP contribution is -2.21. The zero-order valence-electron chi connectivity index (χ0n) is 20.0. The number of carbonyl (C=O) groups is 1. The fraction of sp³-hybridized carbons (Fsp3) is 0.433. The lowest BCUT2D eigenvalue weighted by molar-refractivity contribution is -0.140. The highest BCUT2D eigenvalue weighted by molar-refractivity contribution is 5.94. The van der Waals surface area contributed by atoms with Gasteiger partial charge in [0.2, 0.25) is 0 Å². The van der Waals surface area contributed by atoms with Crippen LogP contribution in [0.15, 0.2) is 77.6 Å². The highest BCUT2D eigenvalue weighted by Crippen LogP contribution is 2.43. The number of hydrogen-bond acceptors (Lipinski definition) is 2. The normalized spacial score (nSPS) is 25.5. The molecular formula is C30H35FO2. The van der Waals surface area contributed by atoms with E-state index in [4.69, 9.17) is 4.74 Å². The van der Waals surface area contributed by atoms with Crippen molar-refractivity contribution >= 4 is 5.97 Å². The molecule has 0 heterocycles. The molecular weight excluding hydrogens is 411 g/mol. The maximum absolute atomic E-state index is 15.9. The van der Waals surface area contributed by atoms with Crippen molar-refractivity contribution in [1.29, 1.82) is 0 Å². The van der Waals surface area contributed by atoms with Gasteiger partial charge in [-0.15, -0.1) is 0 Å². The van der Waals surface area contributed by atoms with E-state index in [1.54, 1.807) is 0 Å². The second-order valence-electron chi connectivity index (χ2n) is 9.79. The molecule has 1 saturated carbocycles. The van der Waals surface area contributed by atoms with Gasteiger partial charge in [0.15, 0.2) is 0 Å². The number of carbonyl (C=O) groups excluding carboxylic acids is 1. The van der Waals surface area contributed by atoms with Crippen molar-refractivity contribution in [2.75, 3.05) is 0 Å². The number of ether oxygens (including phenoxy) is 1. The Bertz CT molecular complexity index is 1010. The molecule has 2 aliphatic carbocycles. The molecule has 2 aromatic carbocycles. The summed E-state index contributed by atoms with van der Waals surface area (Å²) in [4.78, 5) is 13.0. The Kier molecular flexibility index (Phi) is 7.47. The molecule has 2 aliphatic rings. The van der Waals surface area contributed by atoms with Crippen LogP contribution in [0.25, 0.3) is 0 Å². The van der Waals surface area contributed by atoms with Crippen LogP contribution in [0.5, 0.6) is 0 Å². The zero-order chi connectivity index (χ0) is 23.4. The molecule has 0 radical (unpaired) electrons. The maximum Gasteiger partial charge on any atom is 0.341 e. The molecule has 1 fully saturated rings.